The van der Waals surface area contributed by atoms with Gasteiger partial charge < -0.3 is 0 Å². The average Bonchev–Trinajstić information content (AvgIpc) is 3.34. The Labute approximate surface area is 232 Å². The van der Waals surface area contributed by atoms with E-state index in [0.29, 0.717) is 17.9 Å². The number of carbonyl (C=O) groups excluding carboxylic acids is 2. The molecule has 3 rings (SSSR count). The third-order valence-electron chi connectivity index (χ3n) is 6.20. The Morgan fingerprint density at radius 1 is 1.06 bits per heavy atom. The number of pyridine rings is 1. The highest BCUT2D eigenvalue weighted by atomic mass is 127. The largest absolute Gasteiger partial charge is 0.308 e. The summed E-state index contributed by atoms with van der Waals surface area (Å²) < 4.78 is 1.12. The van der Waals surface area contributed by atoms with E-state index in [4.69, 9.17) is 0 Å². The van der Waals surface area contributed by atoms with Crippen LogP contribution in [0.3, 0.4) is 0 Å². The van der Waals surface area contributed by atoms with Gasteiger partial charge in [0.05, 0.1) is 5.69 Å². The lowest BCUT2D eigenvalue weighted by atomic mass is 10.1. The molecular weight excluding hydrogens is 559 g/mol. The number of halogens is 1. The zero-order valence-corrected chi connectivity index (χ0v) is 25.6. The van der Waals surface area contributed by atoms with E-state index >= 15 is 0 Å². The highest BCUT2D eigenvalue weighted by Crippen LogP contribution is 2.31. The second-order valence-electron chi connectivity index (χ2n) is 9.38. The number of rotatable bonds is 5. The molecule has 0 atom stereocenters. The van der Waals surface area contributed by atoms with E-state index in [1.165, 1.54) is 50.3 Å². The first-order valence-corrected chi connectivity index (χ1v) is 14.2. The fourth-order valence-corrected chi connectivity index (χ4v) is 4.45. The number of aromatic nitrogens is 1. The van der Waals surface area contributed by atoms with Crippen LogP contribution < -0.4 is 4.90 Å². The summed E-state index contributed by atoms with van der Waals surface area (Å²) in [7, 11) is 0. The predicted molar refractivity (Wildman–Crippen MR) is 161 cm³/mol. The highest BCUT2D eigenvalue weighted by molar-refractivity contribution is 14.1. The molecule has 0 bridgehead atoms. The summed E-state index contributed by atoms with van der Waals surface area (Å²) in [6, 6.07) is 7.60. The van der Waals surface area contributed by atoms with E-state index in [1.54, 1.807) is 13.0 Å². The molecule has 1 saturated carbocycles. The number of ketones is 1. The fraction of sp³-hybridized carbons (Fsp3) is 0.516. The molecule has 0 radical (unpaired) electrons. The van der Waals surface area contributed by atoms with Gasteiger partial charge in [0.15, 0.2) is 5.78 Å². The molecule has 1 aliphatic rings. The van der Waals surface area contributed by atoms with Crippen molar-refractivity contribution in [1.29, 1.82) is 0 Å². The molecular formula is C31H43IN2O2. The highest BCUT2D eigenvalue weighted by Gasteiger charge is 2.22. The van der Waals surface area contributed by atoms with Gasteiger partial charge in [-0.25, -0.2) is 4.98 Å². The maximum absolute atomic E-state index is 12.8. The summed E-state index contributed by atoms with van der Waals surface area (Å²) in [5, 5.41) is 0. The molecule has 1 fully saturated rings. The SMILES string of the molecule is CC#CC(=O)N(c1ccc(CC)c(C(C)=O)n1)c1cc(C)c(I)cc1C.CC1CCCC1.CCCC. The van der Waals surface area contributed by atoms with Crippen LogP contribution in [0.15, 0.2) is 24.3 Å². The molecule has 4 nitrogen and oxygen atoms in total. The molecule has 36 heavy (non-hydrogen) atoms. The van der Waals surface area contributed by atoms with Crippen molar-refractivity contribution < 1.29 is 9.59 Å². The molecule has 1 heterocycles. The van der Waals surface area contributed by atoms with Gasteiger partial charge >= 0.3 is 5.91 Å². The minimum absolute atomic E-state index is 0.117. The summed E-state index contributed by atoms with van der Waals surface area (Å²) in [4.78, 5) is 30.7. The maximum atomic E-state index is 12.8. The monoisotopic (exact) mass is 602 g/mol. The first kappa shape index (κ1) is 31.8. The minimum Gasteiger partial charge on any atom is -0.293 e. The van der Waals surface area contributed by atoms with Crippen molar-refractivity contribution in [2.75, 3.05) is 4.90 Å². The van der Waals surface area contributed by atoms with Crippen molar-refractivity contribution in [3.8, 4) is 11.8 Å². The van der Waals surface area contributed by atoms with Gasteiger partial charge in [0.2, 0.25) is 0 Å². The number of amides is 1. The van der Waals surface area contributed by atoms with E-state index in [2.05, 4.69) is 60.2 Å². The van der Waals surface area contributed by atoms with Crippen molar-refractivity contribution in [2.45, 2.75) is 100 Å². The van der Waals surface area contributed by atoms with Gasteiger partial charge in [0.25, 0.3) is 0 Å². The molecule has 1 aliphatic carbocycles. The van der Waals surface area contributed by atoms with Crippen molar-refractivity contribution in [3.63, 3.8) is 0 Å². The van der Waals surface area contributed by atoms with E-state index in [0.717, 1.165) is 31.9 Å². The normalized spacial score (nSPS) is 12.4. The van der Waals surface area contributed by atoms with Crippen molar-refractivity contribution in [3.05, 3.63) is 50.2 Å². The zero-order chi connectivity index (χ0) is 27.3. The maximum Gasteiger partial charge on any atom is 0.308 e. The first-order valence-electron chi connectivity index (χ1n) is 13.1. The number of carbonyl (C=O) groups is 2. The quantitative estimate of drug-likeness (QED) is 0.195. The van der Waals surface area contributed by atoms with E-state index in [-0.39, 0.29) is 11.7 Å². The van der Waals surface area contributed by atoms with E-state index < -0.39 is 0 Å². The molecule has 0 spiro atoms. The zero-order valence-electron chi connectivity index (χ0n) is 23.4. The van der Waals surface area contributed by atoms with Crippen LogP contribution in [-0.2, 0) is 11.2 Å². The van der Waals surface area contributed by atoms with Gasteiger partial charge in [-0.1, -0.05) is 78.2 Å². The Kier molecular flexibility index (Phi) is 14.6. The van der Waals surface area contributed by atoms with Crippen LogP contribution in [0.5, 0.6) is 0 Å². The number of Topliss-reactive ketones (excluding diaryl/α,β-unsaturated/α-hetero) is 1. The standard InChI is InChI=1S/C21H21IN2O2.C6H12.C4H10/c1-6-8-20(26)24(18-12-13(3)17(22)11-14(18)4)19-10-9-16(7-2)21(23-19)15(5)25;1-6-4-2-3-5-6;1-3-4-2/h9-12H,7H2,1-5H3;6H,2-5H2,1H3;3-4H2,1-2H3. The first-order chi connectivity index (χ1) is 17.1. The van der Waals surface area contributed by atoms with E-state index in [9.17, 15) is 9.59 Å². The van der Waals surface area contributed by atoms with Crippen LogP contribution in [0.1, 0.15) is 107 Å². The van der Waals surface area contributed by atoms with Gasteiger partial charge in [0.1, 0.15) is 11.5 Å². The number of anilines is 2. The van der Waals surface area contributed by atoms with Crippen molar-refractivity contribution >= 4 is 45.8 Å². The number of unbranched alkanes of at least 4 members (excludes halogenated alkanes) is 1. The van der Waals surface area contributed by atoms with Crippen LogP contribution in [0.2, 0.25) is 0 Å². The molecule has 1 amide bonds. The molecule has 0 aliphatic heterocycles. The summed E-state index contributed by atoms with van der Waals surface area (Å²) in [6.07, 6.45) is 9.29. The van der Waals surface area contributed by atoms with Gasteiger partial charge in [-0.15, -0.1) is 0 Å². The number of nitrogens with zero attached hydrogens (tertiary/aromatic N) is 2. The third kappa shape index (κ3) is 9.69. The second-order valence-corrected chi connectivity index (χ2v) is 10.5. The van der Waals surface area contributed by atoms with Crippen LogP contribution in [0.25, 0.3) is 0 Å². The second kappa shape index (κ2) is 16.5. The molecule has 2 aromatic rings. The predicted octanol–water partition coefficient (Wildman–Crippen LogP) is 8.76. The number of hydrogen-bond donors (Lipinski definition) is 0. The Morgan fingerprint density at radius 3 is 2.11 bits per heavy atom. The summed E-state index contributed by atoms with van der Waals surface area (Å²) in [6.45, 7) is 15.7. The van der Waals surface area contributed by atoms with Gasteiger partial charge in [0, 0.05) is 10.5 Å². The lowest BCUT2D eigenvalue weighted by Gasteiger charge is -2.23. The van der Waals surface area contributed by atoms with Crippen LogP contribution >= 0.6 is 22.6 Å². The molecule has 196 valence electrons. The smallest absolute Gasteiger partial charge is 0.293 e. The summed E-state index contributed by atoms with van der Waals surface area (Å²) in [5.41, 5.74) is 3.99. The molecule has 5 heteroatoms. The Hall–Kier alpha value is -2.20. The lowest BCUT2D eigenvalue weighted by molar-refractivity contribution is -0.112. The number of benzene rings is 1. The van der Waals surface area contributed by atoms with Crippen LogP contribution in [0, 0.1) is 35.2 Å². The van der Waals surface area contributed by atoms with Gasteiger partial charge in [-0.3, -0.25) is 14.5 Å². The average molecular weight is 603 g/mol. The summed E-state index contributed by atoms with van der Waals surface area (Å²) >= 11 is 2.27. The lowest BCUT2D eigenvalue weighted by Crippen LogP contribution is -2.27. The number of hydrogen-bond acceptors (Lipinski definition) is 3. The molecule has 1 aromatic carbocycles. The summed E-state index contributed by atoms with van der Waals surface area (Å²) in [5.74, 6) is 6.21. The van der Waals surface area contributed by atoms with Crippen LogP contribution in [0.4, 0.5) is 11.5 Å². The third-order valence-corrected chi connectivity index (χ3v) is 7.37. The van der Waals surface area contributed by atoms with E-state index in [1.807, 2.05) is 39.0 Å². The Morgan fingerprint density at radius 2 is 1.67 bits per heavy atom. The molecule has 0 saturated heterocycles. The minimum atomic E-state index is -0.373. The Balaban J connectivity index is 0.000000539. The van der Waals surface area contributed by atoms with Gasteiger partial charge in [-0.2, -0.15) is 0 Å². The van der Waals surface area contributed by atoms with Crippen molar-refractivity contribution in [2.24, 2.45) is 5.92 Å². The van der Waals surface area contributed by atoms with Crippen LogP contribution in [-0.4, -0.2) is 16.7 Å². The molecule has 1 aromatic heterocycles. The molecule has 0 unspecified atom stereocenters. The van der Waals surface area contributed by atoms with Crippen molar-refractivity contribution in [1.82, 2.24) is 4.98 Å². The molecule has 0 N–H and O–H groups in total. The topological polar surface area (TPSA) is 50.3 Å². The van der Waals surface area contributed by atoms with Gasteiger partial charge in [-0.05, 0) is 96.5 Å². The fourth-order valence-electron chi connectivity index (χ4n) is 3.83. The Bertz CT molecular complexity index is 1070. The number of aryl methyl sites for hydroxylation is 3.